The first-order valence-electron chi connectivity index (χ1n) is 7.75. The van der Waals surface area contributed by atoms with Gasteiger partial charge in [0, 0.05) is 19.1 Å². The summed E-state index contributed by atoms with van der Waals surface area (Å²) in [4.78, 5) is 22.8. The monoisotopic (exact) mass is 291 g/mol. The molecule has 1 aromatic heterocycles. The number of amides is 1. The number of piperidine rings is 1. The zero-order valence-corrected chi connectivity index (χ0v) is 12.9. The Labute approximate surface area is 126 Å². The van der Waals surface area contributed by atoms with Crippen LogP contribution in [0.15, 0.2) is 12.4 Å². The average molecular weight is 291 g/mol. The Kier molecular flexibility index (Phi) is 5.92. The Bertz CT molecular complexity index is 465. The molecular formula is C15H25N5O. The van der Waals surface area contributed by atoms with Crippen molar-refractivity contribution in [3.8, 4) is 0 Å². The van der Waals surface area contributed by atoms with E-state index in [1.807, 2.05) is 0 Å². The van der Waals surface area contributed by atoms with Gasteiger partial charge in [0.1, 0.15) is 11.5 Å². The minimum absolute atomic E-state index is 0.151. The molecule has 1 atom stereocenters. The van der Waals surface area contributed by atoms with E-state index in [0.717, 1.165) is 25.9 Å². The first-order valence-corrected chi connectivity index (χ1v) is 7.75. The molecule has 116 valence electrons. The highest BCUT2D eigenvalue weighted by Gasteiger charge is 2.20. The quantitative estimate of drug-likeness (QED) is 0.831. The van der Waals surface area contributed by atoms with Crippen molar-refractivity contribution in [2.24, 2.45) is 0 Å². The Morgan fingerprint density at radius 1 is 1.43 bits per heavy atom. The van der Waals surface area contributed by atoms with Crippen molar-refractivity contribution >= 4 is 11.7 Å². The second kappa shape index (κ2) is 7.93. The molecular weight excluding hydrogens is 266 g/mol. The van der Waals surface area contributed by atoms with E-state index in [9.17, 15) is 4.79 Å². The molecule has 0 bridgehead atoms. The van der Waals surface area contributed by atoms with Crippen molar-refractivity contribution in [3.05, 3.63) is 18.1 Å². The number of likely N-dealkylation sites (N-methyl/N-ethyl adjacent to an activating group) is 1. The number of anilines is 1. The predicted octanol–water partition coefficient (Wildman–Crippen LogP) is 1.51. The van der Waals surface area contributed by atoms with Gasteiger partial charge in [-0.15, -0.1) is 0 Å². The molecule has 2 heterocycles. The molecule has 2 rings (SSSR count). The van der Waals surface area contributed by atoms with Crippen LogP contribution in [-0.4, -0.2) is 53.5 Å². The lowest BCUT2D eigenvalue weighted by molar-refractivity contribution is 0.0923. The summed E-state index contributed by atoms with van der Waals surface area (Å²) in [6.45, 7) is 4.69. The fraction of sp³-hybridized carbons (Fsp3) is 0.667. The third-order valence-electron chi connectivity index (χ3n) is 3.84. The smallest absolute Gasteiger partial charge is 0.271 e. The maximum atomic E-state index is 12.2. The molecule has 0 spiro atoms. The molecule has 6 heteroatoms. The van der Waals surface area contributed by atoms with Crippen LogP contribution in [0.5, 0.6) is 0 Å². The maximum absolute atomic E-state index is 12.2. The van der Waals surface area contributed by atoms with Crippen LogP contribution >= 0.6 is 0 Å². The standard InChI is InChI=1S/C15H25N5O/c1-3-7-17-14-11-16-10-13(19-14)15(21)18-9-12-6-4-5-8-20(12)2/h10-12H,3-9H2,1-2H3,(H,17,19)(H,18,21). The lowest BCUT2D eigenvalue weighted by Gasteiger charge is -2.32. The summed E-state index contributed by atoms with van der Waals surface area (Å²) in [6, 6.07) is 0.428. The van der Waals surface area contributed by atoms with Crippen molar-refractivity contribution < 1.29 is 4.79 Å². The number of nitrogens with zero attached hydrogens (tertiary/aromatic N) is 3. The summed E-state index contributed by atoms with van der Waals surface area (Å²) in [6.07, 6.45) is 7.78. The van der Waals surface area contributed by atoms with E-state index in [0.29, 0.717) is 24.1 Å². The molecule has 1 saturated heterocycles. The molecule has 21 heavy (non-hydrogen) atoms. The van der Waals surface area contributed by atoms with Crippen molar-refractivity contribution in [1.82, 2.24) is 20.2 Å². The number of likely N-dealkylation sites (tertiary alicyclic amines) is 1. The minimum atomic E-state index is -0.151. The zero-order valence-electron chi connectivity index (χ0n) is 12.9. The number of carbonyl (C=O) groups excluding carboxylic acids is 1. The first-order chi connectivity index (χ1) is 10.2. The first kappa shape index (κ1) is 15.7. The van der Waals surface area contributed by atoms with Crippen molar-refractivity contribution in [1.29, 1.82) is 0 Å². The van der Waals surface area contributed by atoms with Crippen LogP contribution in [0.1, 0.15) is 43.1 Å². The highest BCUT2D eigenvalue weighted by Crippen LogP contribution is 2.14. The van der Waals surface area contributed by atoms with E-state index in [1.54, 1.807) is 6.20 Å². The molecule has 0 saturated carbocycles. The van der Waals surface area contributed by atoms with Gasteiger partial charge in [0.15, 0.2) is 0 Å². The zero-order chi connectivity index (χ0) is 15.1. The van der Waals surface area contributed by atoms with Crippen molar-refractivity contribution in [2.75, 3.05) is 32.0 Å². The van der Waals surface area contributed by atoms with Gasteiger partial charge in [0.2, 0.25) is 0 Å². The average Bonchev–Trinajstić information content (AvgIpc) is 2.52. The molecule has 0 radical (unpaired) electrons. The van der Waals surface area contributed by atoms with Gasteiger partial charge >= 0.3 is 0 Å². The Hall–Kier alpha value is -1.69. The SMILES string of the molecule is CCCNc1cncc(C(=O)NCC2CCCCN2C)n1. The van der Waals surface area contributed by atoms with Crippen LogP contribution in [-0.2, 0) is 0 Å². The van der Waals surface area contributed by atoms with Gasteiger partial charge in [-0.05, 0) is 32.9 Å². The summed E-state index contributed by atoms with van der Waals surface area (Å²) in [5.74, 6) is 0.501. The topological polar surface area (TPSA) is 70.2 Å². The molecule has 1 aliphatic rings. The Morgan fingerprint density at radius 2 is 2.29 bits per heavy atom. The molecule has 6 nitrogen and oxygen atoms in total. The number of carbonyl (C=O) groups is 1. The molecule has 0 aromatic carbocycles. The predicted molar refractivity (Wildman–Crippen MR) is 83.4 cm³/mol. The van der Waals surface area contributed by atoms with E-state index < -0.39 is 0 Å². The number of aromatic nitrogens is 2. The van der Waals surface area contributed by atoms with Crippen LogP contribution < -0.4 is 10.6 Å². The van der Waals surface area contributed by atoms with Gasteiger partial charge in [0.25, 0.3) is 5.91 Å². The lowest BCUT2D eigenvalue weighted by Crippen LogP contribution is -2.44. The number of nitrogens with one attached hydrogen (secondary N) is 2. The summed E-state index contributed by atoms with van der Waals surface area (Å²) in [5, 5.41) is 6.11. The van der Waals surface area contributed by atoms with Gasteiger partial charge in [-0.3, -0.25) is 9.78 Å². The van der Waals surface area contributed by atoms with Crippen molar-refractivity contribution in [3.63, 3.8) is 0 Å². The molecule has 1 aromatic rings. The van der Waals surface area contributed by atoms with Crippen LogP contribution in [0.3, 0.4) is 0 Å². The third kappa shape index (κ3) is 4.67. The molecule has 1 unspecified atom stereocenters. The van der Waals surface area contributed by atoms with Crippen LogP contribution in [0, 0.1) is 0 Å². The van der Waals surface area contributed by atoms with E-state index in [-0.39, 0.29) is 5.91 Å². The highest BCUT2D eigenvalue weighted by atomic mass is 16.1. The number of rotatable bonds is 6. The number of hydrogen-bond donors (Lipinski definition) is 2. The van der Waals surface area contributed by atoms with Crippen molar-refractivity contribution in [2.45, 2.75) is 38.6 Å². The van der Waals surface area contributed by atoms with Crippen LogP contribution in [0.4, 0.5) is 5.82 Å². The fourth-order valence-corrected chi connectivity index (χ4v) is 2.52. The molecule has 1 amide bonds. The van der Waals surface area contributed by atoms with Crippen LogP contribution in [0.2, 0.25) is 0 Å². The van der Waals surface area contributed by atoms with E-state index in [4.69, 9.17) is 0 Å². The van der Waals surface area contributed by atoms with E-state index >= 15 is 0 Å². The summed E-state index contributed by atoms with van der Waals surface area (Å²) in [7, 11) is 2.12. The normalized spacial score (nSPS) is 19.2. The van der Waals surface area contributed by atoms with Gasteiger partial charge in [0.05, 0.1) is 12.4 Å². The highest BCUT2D eigenvalue weighted by molar-refractivity contribution is 5.92. The number of hydrogen-bond acceptors (Lipinski definition) is 5. The second-order valence-electron chi connectivity index (χ2n) is 5.56. The maximum Gasteiger partial charge on any atom is 0.271 e. The van der Waals surface area contributed by atoms with Gasteiger partial charge in [-0.2, -0.15) is 0 Å². The molecule has 2 N–H and O–H groups in total. The Morgan fingerprint density at radius 3 is 3.05 bits per heavy atom. The van der Waals surface area contributed by atoms with Crippen LogP contribution in [0.25, 0.3) is 0 Å². The summed E-state index contributed by atoms with van der Waals surface area (Å²) in [5.41, 5.74) is 0.370. The van der Waals surface area contributed by atoms with Gasteiger partial charge in [-0.1, -0.05) is 13.3 Å². The minimum Gasteiger partial charge on any atom is -0.369 e. The lowest BCUT2D eigenvalue weighted by atomic mass is 10.0. The molecule has 0 aliphatic carbocycles. The van der Waals surface area contributed by atoms with E-state index in [1.165, 1.54) is 19.0 Å². The molecule has 1 fully saturated rings. The third-order valence-corrected chi connectivity index (χ3v) is 3.84. The van der Waals surface area contributed by atoms with Gasteiger partial charge < -0.3 is 15.5 Å². The largest absolute Gasteiger partial charge is 0.369 e. The molecule has 1 aliphatic heterocycles. The Balaban J connectivity index is 1.87. The van der Waals surface area contributed by atoms with E-state index in [2.05, 4.69) is 39.5 Å². The fourth-order valence-electron chi connectivity index (χ4n) is 2.52. The summed E-state index contributed by atoms with van der Waals surface area (Å²) < 4.78 is 0. The summed E-state index contributed by atoms with van der Waals surface area (Å²) >= 11 is 0. The van der Waals surface area contributed by atoms with Gasteiger partial charge in [-0.25, -0.2) is 4.98 Å². The second-order valence-corrected chi connectivity index (χ2v) is 5.56.